The summed E-state index contributed by atoms with van der Waals surface area (Å²) in [5.41, 5.74) is 3.47. The number of amides is 1. The van der Waals surface area contributed by atoms with Crippen molar-refractivity contribution in [2.75, 3.05) is 11.1 Å². The molecule has 6 nitrogen and oxygen atoms in total. The Morgan fingerprint density at radius 3 is 2.50 bits per heavy atom. The zero-order valence-electron chi connectivity index (χ0n) is 17.7. The molecule has 162 valence electrons. The molecular formula is C24H22ClN5OS. The summed E-state index contributed by atoms with van der Waals surface area (Å²) in [4.78, 5) is 17.1. The third kappa shape index (κ3) is 5.00. The number of halogens is 1. The minimum absolute atomic E-state index is 0.104. The quantitative estimate of drug-likeness (QED) is 0.349. The third-order valence-corrected chi connectivity index (χ3v) is 5.98. The molecule has 32 heavy (non-hydrogen) atoms. The van der Waals surface area contributed by atoms with Crippen LogP contribution in [0.15, 0.2) is 78.1 Å². The van der Waals surface area contributed by atoms with Gasteiger partial charge in [0.05, 0.1) is 5.75 Å². The van der Waals surface area contributed by atoms with E-state index in [4.69, 9.17) is 11.6 Å². The van der Waals surface area contributed by atoms with E-state index in [0.29, 0.717) is 27.6 Å². The largest absolute Gasteiger partial charge is 0.325 e. The van der Waals surface area contributed by atoms with E-state index >= 15 is 0 Å². The van der Waals surface area contributed by atoms with Gasteiger partial charge < -0.3 is 5.32 Å². The number of hydrogen-bond acceptors (Lipinski definition) is 5. The molecule has 0 unspecified atom stereocenters. The van der Waals surface area contributed by atoms with Crippen molar-refractivity contribution in [3.63, 3.8) is 0 Å². The molecule has 0 radical (unpaired) electrons. The summed E-state index contributed by atoms with van der Waals surface area (Å²) < 4.78 is 1.89. The van der Waals surface area contributed by atoms with Gasteiger partial charge in [0.1, 0.15) is 5.69 Å². The van der Waals surface area contributed by atoms with Gasteiger partial charge in [-0.05, 0) is 53.9 Å². The Bertz CT molecular complexity index is 1210. The summed E-state index contributed by atoms with van der Waals surface area (Å²) in [6, 6.07) is 20.9. The highest BCUT2D eigenvalue weighted by molar-refractivity contribution is 7.99. The lowest BCUT2D eigenvalue weighted by Crippen LogP contribution is -2.16. The van der Waals surface area contributed by atoms with Crippen LogP contribution in [0.1, 0.15) is 25.3 Å². The van der Waals surface area contributed by atoms with Crippen molar-refractivity contribution in [3.05, 3.63) is 83.5 Å². The lowest BCUT2D eigenvalue weighted by molar-refractivity contribution is -0.113. The highest BCUT2D eigenvalue weighted by Crippen LogP contribution is 2.28. The number of carbonyl (C=O) groups is 1. The van der Waals surface area contributed by atoms with E-state index in [1.54, 1.807) is 6.20 Å². The van der Waals surface area contributed by atoms with Crippen LogP contribution >= 0.6 is 23.4 Å². The van der Waals surface area contributed by atoms with E-state index in [1.165, 1.54) is 11.8 Å². The minimum Gasteiger partial charge on any atom is -0.325 e. The SMILES string of the molecule is CC(C)c1ccccc1NC(=O)CSc1nnc(-c2ccccn2)n1-c1ccc(Cl)cc1. The van der Waals surface area contributed by atoms with Gasteiger partial charge >= 0.3 is 0 Å². The second kappa shape index (κ2) is 9.97. The Kier molecular flexibility index (Phi) is 6.87. The topological polar surface area (TPSA) is 72.7 Å². The highest BCUT2D eigenvalue weighted by atomic mass is 35.5. The number of aromatic nitrogens is 4. The van der Waals surface area contributed by atoms with Gasteiger partial charge in [-0.25, -0.2) is 0 Å². The van der Waals surface area contributed by atoms with Gasteiger partial charge in [0.2, 0.25) is 5.91 Å². The molecule has 0 aliphatic carbocycles. The molecule has 0 saturated heterocycles. The zero-order chi connectivity index (χ0) is 22.5. The number of nitrogens with zero attached hydrogens (tertiary/aromatic N) is 4. The number of para-hydroxylation sites is 1. The van der Waals surface area contributed by atoms with Crippen LogP contribution in [0.5, 0.6) is 0 Å². The lowest BCUT2D eigenvalue weighted by Gasteiger charge is -2.14. The number of anilines is 1. The second-order valence-corrected chi connectivity index (χ2v) is 8.79. The fraction of sp³-hybridized carbons (Fsp3) is 0.167. The smallest absolute Gasteiger partial charge is 0.234 e. The van der Waals surface area contributed by atoms with E-state index in [-0.39, 0.29) is 11.7 Å². The van der Waals surface area contributed by atoms with Crippen LogP contribution in [0.2, 0.25) is 5.02 Å². The van der Waals surface area contributed by atoms with Gasteiger partial charge in [0.25, 0.3) is 0 Å². The van der Waals surface area contributed by atoms with Gasteiger partial charge in [-0.3, -0.25) is 14.3 Å². The molecule has 0 saturated carbocycles. The number of pyridine rings is 1. The summed E-state index contributed by atoms with van der Waals surface area (Å²) in [7, 11) is 0. The fourth-order valence-corrected chi connectivity index (χ4v) is 4.16. The molecule has 2 heterocycles. The molecule has 4 rings (SSSR count). The molecule has 0 bridgehead atoms. The maximum atomic E-state index is 12.7. The number of thioether (sulfide) groups is 1. The molecule has 1 amide bonds. The summed E-state index contributed by atoms with van der Waals surface area (Å²) in [6.45, 7) is 4.21. The predicted octanol–water partition coefficient (Wildman–Crippen LogP) is 5.84. The molecule has 2 aromatic heterocycles. The van der Waals surface area contributed by atoms with E-state index in [9.17, 15) is 4.79 Å². The van der Waals surface area contributed by atoms with Crippen LogP contribution in [0.25, 0.3) is 17.2 Å². The van der Waals surface area contributed by atoms with Gasteiger partial charge in [-0.1, -0.05) is 61.5 Å². The number of rotatable bonds is 7. The standard InChI is InChI=1S/C24H22ClN5OS/c1-16(2)19-7-3-4-8-20(19)27-22(31)15-32-24-29-28-23(21-9-5-6-14-26-21)30(24)18-12-10-17(25)11-13-18/h3-14,16H,15H2,1-2H3,(H,27,31). The second-order valence-electron chi connectivity index (χ2n) is 7.41. The first kappa shape index (κ1) is 22.0. The molecule has 4 aromatic rings. The Morgan fingerprint density at radius 1 is 1.03 bits per heavy atom. The van der Waals surface area contributed by atoms with Crippen LogP contribution in [-0.4, -0.2) is 31.4 Å². The molecule has 2 aromatic carbocycles. The van der Waals surface area contributed by atoms with Crippen molar-refractivity contribution < 1.29 is 4.79 Å². The van der Waals surface area contributed by atoms with Gasteiger partial charge in [0.15, 0.2) is 11.0 Å². The number of carbonyl (C=O) groups excluding carboxylic acids is 1. The van der Waals surface area contributed by atoms with Crippen LogP contribution < -0.4 is 5.32 Å². The summed E-state index contributed by atoms with van der Waals surface area (Å²) in [6.07, 6.45) is 1.71. The van der Waals surface area contributed by atoms with Crippen molar-refractivity contribution >= 4 is 35.0 Å². The molecule has 0 fully saturated rings. The monoisotopic (exact) mass is 463 g/mol. The average molecular weight is 464 g/mol. The molecule has 0 atom stereocenters. The normalized spacial score (nSPS) is 11.0. The van der Waals surface area contributed by atoms with Crippen molar-refractivity contribution in [2.45, 2.75) is 24.9 Å². The summed E-state index contributed by atoms with van der Waals surface area (Å²) in [5, 5.41) is 12.9. The minimum atomic E-state index is -0.104. The van der Waals surface area contributed by atoms with E-state index < -0.39 is 0 Å². The molecular weight excluding hydrogens is 442 g/mol. The highest BCUT2D eigenvalue weighted by Gasteiger charge is 2.18. The van der Waals surface area contributed by atoms with E-state index in [1.807, 2.05) is 71.3 Å². The molecule has 0 spiro atoms. The van der Waals surface area contributed by atoms with Crippen LogP contribution in [-0.2, 0) is 4.79 Å². The lowest BCUT2D eigenvalue weighted by atomic mass is 10.0. The Labute approximate surface area is 196 Å². The van der Waals surface area contributed by atoms with Gasteiger partial charge in [0, 0.05) is 22.6 Å². The zero-order valence-corrected chi connectivity index (χ0v) is 19.3. The fourth-order valence-electron chi connectivity index (χ4n) is 3.28. The molecule has 1 N–H and O–H groups in total. The van der Waals surface area contributed by atoms with Gasteiger partial charge in [-0.15, -0.1) is 10.2 Å². The van der Waals surface area contributed by atoms with Crippen molar-refractivity contribution in [3.8, 4) is 17.2 Å². The van der Waals surface area contributed by atoms with Gasteiger partial charge in [-0.2, -0.15) is 0 Å². The van der Waals surface area contributed by atoms with Crippen molar-refractivity contribution in [1.82, 2.24) is 19.7 Å². The van der Waals surface area contributed by atoms with Crippen molar-refractivity contribution in [2.24, 2.45) is 0 Å². The Morgan fingerprint density at radius 2 is 1.78 bits per heavy atom. The van der Waals surface area contributed by atoms with Crippen LogP contribution in [0.3, 0.4) is 0 Å². The van der Waals surface area contributed by atoms with Crippen molar-refractivity contribution in [1.29, 1.82) is 0 Å². The Hall–Kier alpha value is -3.16. The third-order valence-electron chi connectivity index (χ3n) is 4.80. The molecule has 0 aliphatic heterocycles. The molecule has 8 heteroatoms. The average Bonchev–Trinajstić information content (AvgIpc) is 3.23. The predicted molar refractivity (Wildman–Crippen MR) is 129 cm³/mol. The van der Waals surface area contributed by atoms with E-state index in [2.05, 4.69) is 34.3 Å². The maximum absolute atomic E-state index is 12.7. The van der Waals surface area contributed by atoms with Crippen LogP contribution in [0, 0.1) is 0 Å². The number of nitrogens with one attached hydrogen (secondary N) is 1. The molecule has 0 aliphatic rings. The van der Waals surface area contributed by atoms with E-state index in [0.717, 1.165) is 16.9 Å². The first-order valence-electron chi connectivity index (χ1n) is 10.2. The maximum Gasteiger partial charge on any atom is 0.234 e. The Balaban J connectivity index is 1.58. The number of benzene rings is 2. The first-order valence-corrected chi connectivity index (χ1v) is 11.5. The number of hydrogen-bond donors (Lipinski definition) is 1. The summed E-state index contributed by atoms with van der Waals surface area (Å²) in [5.74, 6) is 1.00. The first-order chi connectivity index (χ1) is 15.5. The summed E-state index contributed by atoms with van der Waals surface area (Å²) >= 11 is 7.39. The van der Waals surface area contributed by atoms with Crippen LogP contribution in [0.4, 0.5) is 5.69 Å².